The minimum atomic E-state index is -0.837. The molecular weight excluding hydrogens is 322 g/mol. The Hall–Kier alpha value is -2.29. The summed E-state index contributed by atoms with van der Waals surface area (Å²) in [5.74, 6) is 1.72. The van der Waals surface area contributed by atoms with E-state index in [9.17, 15) is 9.90 Å². The Morgan fingerprint density at radius 1 is 1.12 bits per heavy atom. The highest BCUT2D eigenvalue weighted by molar-refractivity contribution is 5.95. The monoisotopic (exact) mass is 347 g/mol. The van der Waals surface area contributed by atoms with Crippen LogP contribution in [0.15, 0.2) is 42.5 Å². The van der Waals surface area contributed by atoms with Gasteiger partial charge in [-0.2, -0.15) is 0 Å². The maximum absolute atomic E-state index is 11.8. The first-order valence-corrected chi connectivity index (χ1v) is 9.89. The van der Waals surface area contributed by atoms with E-state index in [0.29, 0.717) is 23.3 Å². The van der Waals surface area contributed by atoms with E-state index in [1.165, 1.54) is 36.0 Å². The summed E-state index contributed by atoms with van der Waals surface area (Å²) < 4.78 is 0. The predicted molar refractivity (Wildman–Crippen MR) is 103 cm³/mol. The molecular formula is C23H25NO2. The zero-order valence-electron chi connectivity index (χ0n) is 15.1. The van der Waals surface area contributed by atoms with Crippen LogP contribution in [-0.2, 0) is 6.42 Å². The number of carboxylic acid groups (broad SMARTS) is 1. The first-order valence-electron chi connectivity index (χ1n) is 9.89. The zero-order valence-corrected chi connectivity index (χ0v) is 15.1. The lowest BCUT2D eigenvalue weighted by atomic mass is 9.67. The molecule has 3 heteroatoms. The number of aromatic carboxylic acids is 1. The first kappa shape index (κ1) is 15.9. The molecule has 1 aliphatic heterocycles. The second-order valence-corrected chi connectivity index (χ2v) is 8.23. The van der Waals surface area contributed by atoms with Gasteiger partial charge < -0.3 is 10.4 Å². The van der Waals surface area contributed by atoms with Crippen molar-refractivity contribution in [2.45, 2.75) is 44.6 Å². The number of para-hydroxylation sites is 1. The Morgan fingerprint density at radius 2 is 1.88 bits per heavy atom. The van der Waals surface area contributed by atoms with E-state index in [1.807, 2.05) is 6.07 Å². The molecule has 5 rings (SSSR count). The van der Waals surface area contributed by atoms with Gasteiger partial charge in [0.05, 0.1) is 17.3 Å². The summed E-state index contributed by atoms with van der Waals surface area (Å²) in [4.78, 5) is 11.8. The van der Waals surface area contributed by atoms with E-state index in [4.69, 9.17) is 0 Å². The minimum absolute atomic E-state index is 0.217. The van der Waals surface area contributed by atoms with Crippen molar-refractivity contribution in [3.05, 3.63) is 64.7 Å². The average Bonchev–Trinajstić information content (AvgIpc) is 3.29. The smallest absolute Gasteiger partial charge is 0.337 e. The van der Waals surface area contributed by atoms with Crippen molar-refractivity contribution < 1.29 is 9.90 Å². The lowest BCUT2D eigenvalue weighted by molar-refractivity contribution is 0.0697. The van der Waals surface area contributed by atoms with Gasteiger partial charge in [0.1, 0.15) is 0 Å². The Labute approximate surface area is 154 Å². The largest absolute Gasteiger partial charge is 0.478 e. The molecule has 2 aromatic rings. The number of carboxylic acids is 1. The van der Waals surface area contributed by atoms with Crippen LogP contribution in [0.4, 0.5) is 5.69 Å². The Kier molecular flexibility index (Phi) is 3.59. The summed E-state index contributed by atoms with van der Waals surface area (Å²) in [5.41, 5.74) is 5.16. The number of rotatable bonds is 3. The third kappa shape index (κ3) is 2.22. The van der Waals surface area contributed by atoms with E-state index in [0.717, 1.165) is 18.0 Å². The fraction of sp³-hybridized carbons (Fsp3) is 0.435. The van der Waals surface area contributed by atoms with E-state index >= 15 is 0 Å². The number of hydrogen-bond acceptors (Lipinski definition) is 2. The fourth-order valence-electron chi connectivity index (χ4n) is 5.98. The molecule has 2 aliphatic carbocycles. The molecule has 2 N–H and O–H groups in total. The second-order valence-electron chi connectivity index (χ2n) is 8.23. The molecule has 2 fully saturated rings. The van der Waals surface area contributed by atoms with Crippen molar-refractivity contribution in [1.82, 2.24) is 0 Å². The molecule has 3 nitrogen and oxygen atoms in total. The molecule has 2 aromatic carbocycles. The van der Waals surface area contributed by atoms with Gasteiger partial charge in [-0.3, -0.25) is 0 Å². The van der Waals surface area contributed by atoms with Gasteiger partial charge in [0, 0.05) is 0 Å². The zero-order chi connectivity index (χ0) is 17.8. The summed E-state index contributed by atoms with van der Waals surface area (Å²) in [6.45, 7) is 2.18. The number of hydrogen-bond donors (Lipinski definition) is 2. The van der Waals surface area contributed by atoms with Crippen LogP contribution in [-0.4, -0.2) is 11.1 Å². The topological polar surface area (TPSA) is 49.3 Å². The Balaban J connectivity index is 1.64. The Bertz CT molecular complexity index is 857. The molecule has 0 radical (unpaired) electrons. The van der Waals surface area contributed by atoms with Crippen molar-refractivity contribution in [2.24, 2.45) is 17.8 Å². The molecule has 2 saturated carbocycles. The van der Waals surface area contributed by atoms with Crippen LogP contribution in [0.2, 0.25) is 0 Å². The summed E-state index contributed by atoms with van der Waals surface area (Å²) in [7, 11) is 0. The molecule has 3 aliphatic rings. The third-order valence-electron chi connectivity index (χ3n) is 7.10. The van der Waals surface area contributed by atoms with Gasteiger partial charge in [0.25, 0.3) is 0 Å². The van der Waals surface area contributed by atoms with E-state index in [2.05, 4.69) is 42.6 Å². The maximum Gasteiger partial charge on any atom is 0.337 e. The number of fused-ring (bicyclic) bond motifs is 7. The van der Waals surface area contributed by atoms with Gasteiger partial charge in [0.15, 0.2) is 0 Å². The molecule has 0 spiro atoms. The van der Waals surface area contributed by atoms with Crippen LogP contribution in [0.1, 0.15) is 65.2 Å². The van der Waals surface area contributed by atoms with Gasteiger partial charge in [-0.05, 0) is 72.1 Å². The molecule has 1 heterocycles. The fourth-order valence-corrected chi connectivity index (χ4v) is 5.98. The highest BCUT2D eigenvalue weighted by Crippen LogP contribution is 2.63. The standard InChI is InChI=1S/C23H25NO2/c1-2-13-6-8-14(9-7-13)21-20-16-11-10-15(12-16)19(20)17-4-3-5-18(23(25)26)22(17)24-21/h3-9,15-16,19-21,24H,2,10-12H2,1H3,(H,25,26)/t15-,16+,19-,20+,21+/m1/s1. The Morgan fingerprint density at radius 3 is 2.62 bits per heavy atom. The predicted octanol–water partition coefficient (Wildman–Crippen LogP) is 5.24. The second kappa shape index (κ2) is 5.87. The van der Waals surface area contributed by atoms with Crippen LogP contribution >= 0.6 is 0 Å². The number of carbonyl (C=O) groups is 1. The number of nitrogens with one attached hydrogen (secondary N) is 1. The summed E-state index contributed by atoms with van der Waals surface area (Å²) in [5, 5.41) is 13.4. The van der Waals surface area contributed by atoms with Crippen LogP contribution in [0.3, 0.4) is 0 Å². The van der Waals surface area contributed by atoms with E-state index < -0.39 is 5.97 Å². The third-order valence-corrected chi connectivity index (χ3v) is 7.10. The lowest BCUT2D eigenvalue weighted by Gasteiger charge is -2.44. The average molecular weight is 347 g/mol. The number of benzene rings is 2. The summed E-state index contributed by atoms with van der Waals surface area (Å²) >= 11 is 0. The molecule has 26 heavy (non-hydrogen) atoms. The summed E-state index contributed by atoms with van der Waals surface area (Å²) in [6.07, 6.45) is 4.97. The molecule has 0 aromatic heterocycles. The minimum Gasteiger partial charge on any atom is -0.478 e. The highest BCUT2D eigenvalue weighted by Gasteiger charge is 2.54. The van der Waals surface area contributed by atoms with Crippen molar-refractivity contribution in [1.29, 1.82) is 0 Å². The lowest BCUT2D eigenvalue weighted by Crippen LogP contribution is -2.36. The van der Waals surface area contributed by atoms with Crippen LogP contribution in [0.25, 0.3) is 0 Å². The van der Waals surface area contributed by atoms with Crippen LogP contribution in [0, 0.1) is 17.8 Å². The van der Waals surface area contributed by atoms with E-state index in [-0.39, 0.29) is 6.04 Å². The van der Waals surface area contributed by atoms with E-state index in [1.54, 1.807) is 6.07 Å². The molecule has 134 valence electrons. The number of anilines is 1. The van der Waals surface area contributed by atoms with Crippen molar-refractivity contribution in [3.63, 3.8) is 0 Å². The SMILES string of the molecule is CCc1ccc([C@@H]2Nc3c(C(=O)O)cccc3[C@H]3[C@@H]4CC[C@@H](C4)[C@@H]32)cc1. The van der Waals surface area contributed by atoms with Crippen LogP contribution < -0.4 is 5.32 Å². The molecule has 5 atom stereocenters. The molecule has 0 amide bonds. The van der Waals surface area contributed by atoms with Gasteiger partial charge in [0.2, 0.25) is 0 Å². The maximum atomic E-state index is 11.8. The van der Waals surface area contributed by atoms with Gasteiger partial charge in [-0.25, -0.2) is 4.79 Å². The quantitative estimate of drug-likeness (QED) is 0.798. The first-order chi connectivity index (χ1) is 12.7. The van der Waals surface area contributed by atoms with Crippen LogP contribution in [0.5, 0.6) is 0 Å². The van der Waals surface area contributed by atoms with Crippen molar-refractivity contribution in [2.75, 3.05) is 5.32 Å². The normalized spacial score (nSPS) is 31.2. The summed E-state index contributed by atoms with van der Waals surface area (Å²) in [6, 6.07) is 15.0. The van der Waals surface area contributed by atoms with Gasteiger partial charge in [-0.1, -0.05) is 43.3 Å². The highest BCUT2D eigenvalue weighted by atomic mass is 16.4. The van der Waals surface area contributed by atoms with Crippen molar-refractivity contribution in [3.8, 4) is 0 Å². The molecule has 0 unspecified atom stereocenters. The van der Waals surface area contributed by atoms with Gasteiger partial charge >= 0.3 is 5.97 Å². The van der Waals surface area contributed by atoms with Gasteiger partial charge in [-0.15, -0.1) is 0 Å². The molecule has 2 bridgehead atoms. The number of aryl methyl sites for hydroxylation is 1. The molecule has 0 saturated heterocycles. The van der Waals surface area contributed by atoms with Crippen molar-refractivity contribution >= 4 is 11.7 Å².